The van der Waals surface area contributed by atoms with Crippen molar-refractivity contribution in [2.75, 3.05) is 0 Å². The van der Waals surface area contributed by atoms with Crippen molar-refractivity contribution < 1.29 is 5.11 Å². The van der Waals surface area contributed by atoms with E-state index < -0.39 is 0 Å². The van der Waals surface area contributed by atoms with Crippen LogP contribution in [-0.4, -0.2) is 19.6 Å². The van der Waals surface area contributed by atoms with Gasteiger partial charge in [0.15, 0.2) is 0 Å². The summed E-state index contributed by atoms with van der Waals surface area (Å²) in [5, 5.41) is 13.9. The minimum absolute atomic E-state index is 0.0329. The topological polar surface area (TPSA) is 50.9 Å². The normalized spacial score (nSPS) is 12.8. The fourth-order valence-corrected chi connectivity index (χ4v) is 5.94. The third kappa shape index (κ3) is 5.27. The minimum atomic E-state index is -0.224. The van der Waals surface area contributed by atoms with Crippen LogP contribution in [0.5, 0.6) is 5.75 Å². The van der Waals surface area contributed by atoms with Crippen LogP contribution in [0.3, 0.4) is 0 Å². The average molecular weight is 582 g/mol. The molecular weight excluding hydrogens is 538 g/mol. The molecule has 4 heteroatoms. The molecule has 44 heavy (non-hydrogen) atoms. The largest absolute Gasteiger partial charge is 0.507 e. The molecule has 0 fully saturated rings. The first kappa shape index (κ1) is 29.6. The highest BCUT2D eigenvalue weighted by Gasteiger charge is 2.26. The van der Waals surface area contributed by atoms with Crippen LogP contribution >= 0.6 is 0 Å². The lowest BCUT2D eigenvalue weighted by atomic mass is 9.78. The Morgan fingerprint density at radius 2 is 1.34 bits per heavy atom. The summed E-state index contributed by atoms with van der Waals surface area (Å²) >= 11 is 0. The van der Waals surface area contributed by atoms with E-state index in [0.29, 0.717) is 5.75 Å². The molecule has 6 rings (SSSR count). The van der Waals surface area contributed by atoms with E-state index in [1.54, 1.807) is 0 Å². The van der Waals surface area contributed by atoms with Gasteiger partial charge in [0.1, 0.15) is 11.4 Å². The highest BCUT2D eigenvalue weighted by Crippen LogP contribution is 2.43. The lowest BCUT2D eigenvalue weighted by Crippen LogP contribution is -2.17. The first-order valence-corrected chi connectivity index (χ1v) is 15.5. The third-order valence-electron chi connectivity index (χ3n) is 8.61. The van der Waals surface area contributed by atoms with Gasteiger partial charge >= 0.3 is 0 Å². The number of nitrogens with zero attached hydrogens (tertiary/aromatic N) is 3. The highest BCUT2D eigenvalue weighted by atomic mass is 16.3. The van der Waals surface area contributed by atoms with Crippen LogP contribution in [0, 0.1) is 0 Å². The molecule has 3 aromatic heterocycles. The Hall–Kier alpha value is -4.44. The maximum atomic E-state index is 11.7. The van der Waals surface area contributed by atoms with Crippen LogP contribution in [0.2, 0.25) is 0 Å². The maximum Gasteiger partial charge on any atom is 0.146 e. The van der Waals surface area contributed by atoms with Gasteiger partial charge in [-0.1, -0.05) is 98.7 Å². The van der Waals surface area contributed by atoms with Crippen molar-refractivity contribution in [1.29, 1.82) is 0 Å². The van der Waals surface area contributed by atoms with Gasteiger partial charge in [-0.3, -0.25) is 9.55 Å². The molecule has 0 saturated carbocycles. The van der Waals surface area contributed by atoms with Crippen LogP contribution in [0.15, 0.2) is 91.1 Å². The molecule has 3 heterocycles. The molecule has 3 aromatic carbocycles. The van der Waals surface area contributed by atoms with E-state index in [0.717, 1.165) is 55.7 Å². The standard InChI is InChI=1S/C40H43N3O/c1-38(2,3)26-19-20-41-34(24-26)25-13-12-14-28(21-25)43-35-16-11-10-15-29(35)30-17-18-33(42-37(30)43)31-22-27(39(4,5)6)23-32(36(31)44)40(7,8)9/h10-24,44H,1-9H3. The van der Waals surface area contributed by atoms with E-state index in [9.17, 15) is 5.11 Å². The summed E-state index contributed by atoms with van der Waals surface area (Å²) in [6, 6.07) is 29.8. The van der Waals surface area contributed by atoms with Gasteiger partial charge in [0.2, 0.25) is 0 Å². The van der Waals surface area contributed by atoms with Crippen molar-refractivity contribution in [3.8, 4) is 34.0 Å². The SMILES string of the molecule is CC(C)(C)c1ccnc(-c2cccc(-n3c4ccccc4c4ccc(-c5cc(C(C)(C)C)cc(C(C)(C)C)c5O)nc43)c2)c1. The summed E-state index contributed by atoms with van der Waals surface area (Å²) in [4.78, 5) is 10.0. The van der Waals surface area contributed by atoms with Gasteiger partial charge in [-0.05, 0) is 75.9 Å². The quantitative estimate of drug-likeness (QED) is 0.226. The van der Waals surface area contributed by atoms with E-state index >= 15 is 0 Å². The number of rotatable bonds is 3. The molecule has 1 N–H and O–H groups in total. The molecular formula is C40H43N3O. The van der Waals surface area contributed by atoms with Gasteiger partial charge < -0.3 is 5.11 Å². The molecule has 0 saturated heterocycles. The molecule has 0 spiro atoms. The van der Waals surface area contributed by atoms with Gasteiger partial charge in [0.25, 0.3) is 0 Å². The summed E-state index contributed by atoms with van der Waals surface area (Å²) in [5.41, 5.74) is 9.57. The molecule has 0 unspecified atom stereocenters. The maximum absolute atomic E-state index is 11.7. The molecule has 6 aromatic rings. The average Bonchev–Trinajstić information content (AvgIpc) is 3.29. The summed E-state index contributed by atoms with van der Waals surface area (Å²) in [7, 11) is 0. The lowest BCUT2D eigenvalue weighted by molar-refractivity contribution is 0.446. The molecule has 0 aliphatic rings. The Balaban J connectivity index is 1.59. The van der Waals surface area contributed by atoms with Crippen molar-refractivity contribution >= 4 is 21.9 Å². The fourth-order valence-electron chi connectivity index (χ4n) is 5.94. The van der Waals surface area contributed by atoms with Crippen molar-refractivity contribution in [2.24, 2.45) is 0 Å². The molecule has 0 aliphatic carbocycles. The summed E-state index contributed by atoms with van der Waals surface area (Å²) in [6.07, 6.45) is 1.90. The summed E-state index contributed by atoms with van der Waals surface area (Å²) < 4.78 is 2.24. The number of hydrogen-bond acceptors (Lipinski definition) is 3. The van der Waals surface area contributed by atoms with E-state index in [4.69, 9.17) is 9.97 Å². The Labute approximate surface area is 261 Å². The van der Waals surface area contributed by atoms with Crippen LogP contribution in [-0.2, 0) is 16.2 Å². The molecule has 0 atom stereocenters. The molecule has 224 valence electrons. The summed E-state index contributed by atoms with van der Waals surface area (Å²) in [5.74, 6) is 0.298. The Morgan fingerprint density at radius 3 is 2.05 bits per heavy atom. The fraction of sp³-hybridized carbons (Fsp3) is 0.300. The number of hydrogen-bond donors (Lipinski definition) is 1. The number of para-hydroxylation sites is 1. The molecule has 4 nitrogen and oxygen atoms in total. The van der Waals surface area contributed by atoms with Crippen molar-refractivity contribution in [2.45, 2.75) is 78.6 Å². The van der Waals surface area contributed by atoms with Gasteiger partial charge in [0.05, 0.1) is 16.9 Å². The number of pyridine rings is 2. The number of fused-ring (bicyclic) bond motifs is 3. The second-order valence-corrected chi connectivity index (χ2v) is 15.1. The van der Waals surface area contributed by atoms with Gasteiger partial charge in [-0.2, -0.15) is 0 Å². The van der Waals surface area contributed by atoms with Crippen molar-refractivity contribution in [3.05, 3.63) is 108 Å². The number of phenolic OH excluding ortho intramolecular Hbond substituents is 1. The first-order valence-electron chi connectivity index (χ1n) is 15.5. The predicted molar refractivity (Wildman–Crippen MR) is 185 cm³/mol. The zero-order valence-corrected chi connectivity index (χ0v) is 27.4. The zero-order valence-electron chi connectivity index (χ0n) is 27.4. The van der Waals surface area contributed by atoms with Crippen molar-refractivity contribution in [1.82, 2.24) is 14.5 Å². The zero-order chi connectivity index (χ0) is 31.6. The number of benzene rings is 3. The van der Waals surface area contributed by atoms with Crippen molar-refractivity contribution in [3.63, 3.8) is 0 Å². The number of aromatic hydroxyl groups is 1. The smallest absolute Gasteiger partial charge is 0.146 e. The Kier molecular flexibility index (Phi) is 6.96. The second-order valence-electron chi connectivity index (χ2n) is 15.1. The van der Waals surface area contributed by atoms with Crippen LogP contribution in [0.4, 0.5) is 0 Å². The van der Waals surface area contributed by atoms with Crippen LogP contribution < -0.4 is 0 Å². The van der Waals surface area contributed by atoms with Crippen LogP contribution in [0.1, 0.15) is 79.0 Å². The highest BCUT2D eigenvalue weighted by molar-refractivity contribution is 6.08. The second kappa shape index (κ2) is 10.3. The molecule has 0 bridgehead atoms. The summed E-state index contributed by atoms with van der Waals surface area (Å²) in [6.45, 7) is 19.7. The van der Waals surface area contributed by atoms with E-state index in [2.05, 4.69) is 146 Å². The van der Waals surface area contributed by atoms with Gasteiger partial charge in [0, 0.05) is 39.3 Å². The third-order valence-corrected chi connectivity index (χ3v) is 8.61. The van der Waals surface area contributed by atoms with Gasteiger partial charge in [-0.25, -0.2) is 4.98 Å². The van der Waals surface area contributed by atoms with E-state index in [-0.39, 0.29) is 16.2 Å². The first-order chi connectivity index (χ1) is 20.6. The molecule has 0 radical (unpaired) electrons. The molecule has 0 aliphatic heterocycles. The Morgan fingerprint density at radius 1 is 0.614 bits per heavy atom. The molecule has 0 amide bonds. The monoisotopic (exact) mass is 581 g/mol. The van der Waals surface area contributed by atoms with E-state index in [1.165, 1.54) is 11.1 Å². The van der Waals surface area contributed by atoms with E-state index in [1.807, 2.05) is 12.3 Å². The van der Waals surface area contributed by atoms with Crippen LogP contribution in [0.25, 0.3) is 50.1 Å². The lowest BCUT2D eigenvalue weighted by Gasteiger charge is -2.27. The predicted octanol–water partition coefficient (Wildman–Crippen LogP) is 10.5. The number of phenols is 1. The Bertz CT molecular complexity index is 2030. The number of aromatic nitrogens is 3. The minimum Gasteiger partial charge on any atom is -0.507 e. The van der Waals surface area contributed by atoms with Gasteiger partial charge in [-0.15, -0.1) is 0 Å².